The summed E-state index contributed by atoms with van der Waals surface area (Å²) in [6, 6.07) is 0. The Morgan fingerprint density at radius 3 is 1.09 bits per heavy atom. The standard InChI is InChI=1S/C28H53N3O12/c1-2-3-8-29-25(32)4-11-38-19-23-43-24-20-39-13-6-27(34)30-9-15-41-21-17-37-12-5-26(33)31-10-16-42-22-18-40-14-7-28(35)36/h2-24H2,1H3,(H,29,32)(H,30,34)(H,31,33)(H,35,36). The van der Waals surface area contributed by atoms with Crippen LogP contribution in [0.5, 0.6) is 0 Å². The van der Waals surface area contributed by atoms with Crippen molar-refractivity contribution >= 4 is 23.7 Å². The first kappa shape index (κ1) is 40.6. The zero-order valence-electron chi connectivity index (χ0n) is 25.7. The molecule has 3 amide bonds. The van der Waals surface area contributed by atoms with Gasteiger partial charge in [-0.25, -0.2) is 0 Å². The molecule has 15 heteroatoms. The van der Waals surface area contributed by atoms with Gasteiger partial charge in [-0.3, -0.25) is 19.2 Å². The molecule has 4 N–H and O–H groups in total. The summed E-state index contributed by atoms with van der Waals surface area (Å²) >= 11 is 0. The fraction of sp³-hybridized carbons (Fsp3) is 0.857. The molecule has 0 aromatic carbocycles. The van der Waals surface area contributed by atoms with Crippen LogP contribution < -0.4 is 16.0 Å². The first-order chi connectivity index (χ1) is 21.0. The van der Waals surface area contributed by atoms with E-state index in [1.54, 1.807) is 0 Å². The molecule has 0 aliphatic carbocycles. The molecule has 0 radical (unpaired) electrons. The van der Waals surface area contributed by atoms with Crippen molar-refractivity contribution in [1.82, 2.24) is 16.0 Å². The summed E-state index contributed by atoms with van der Waals surface area (Å²) < 4.78 is 37.2. The van der Waals surface area contributed by atoms with Crippen molar-refractivity contribution in [1.29, 1.82) is 0 Å². The number of unbranched alkanes of at least 4 members (excludes halogenated alkanes) is 1. The molecule has 0 heterocycles. The zero-order valence-corrected chi connectivity index (χ0v) is 25.7. The van der Waals surface area contributed by atoms with Crippen LogP contribution in [0.25, 0.3) is 0 Å². The lowest BCUT2D eigenvalue weighted by atomic mass is 10.3. The van der Waals surface area contributed by atoms with Crippen LogP contribution in [0.1, 0.15) is 45.4 Å². The third kappa shape index (κ3) is 34.0. The summed E-state index contributed by atoms with van der Waals surface area (Å²) in [5, 5.41) is 16.8. The van der Waals surface area contributed by atoms with Gasteiger partial charge in [-0.15, -0.1) is 0 Å². The monoisotopic (exact) mass is 623 g/mol. The topological polar surface area (TPSA) is 189 Å². The minimum Gasteiger partial charge on any atom is -0.481 e. The SMILES string of the molecule is CCCCNC(=O)CCOCCOCCOCCC(=O)NCCOCCOCCC(=O)NCCOCCOCCC(=O)O. The van der Waals surface area contributed by atoms with E-state index in [2.05, 4.69) is 22.9 Å². The Bertz CT molecular complexity index is 700. The number of carboxylic acids is 1. The van der Waals surface area contributed by atoms with Crippen LogP contribution in [-0.2, 0) is 52.3 Å². The Labute approximate surface area is 254 Å². The Hall–Kier alpha value is -2.40. The van der Waals surface area contributed by atoms with Crippen LogP contribution in [-0.4, -0.2) is 141 Å². The summed E-state index contributed by atoms with van der Waals surface area (Å²) in [6.07, 6.45) is 2.79. The largest absolute Gasteiger partial charge is 0.481 e. The highest BCUT2D eigenvalue weighted by atomic mass is 16.5. The van der Waals surface area contributed by atoms with Crippen molar-refractivity contribution in [2.45, 2.75) is 45.4 Å². The fourth-order valence-corrected chi connectivity index (χ4v) is 3.03. The molecule has 0 aromatic heterocycles. The highest BCUT2D eigenvalue weighted by molar-refractivity contribution is 5.76. The molecule has 43 heavy (non-hydrogen) atoms. The first-order valence-electron chi connectivity index (χ1n) is 15.0. The lowest BCUT2D eigenvalue weighted by Crippen LogP contribution is -2.29. The van der Waals surface area contributed by atoms with E-state index in [1.165, 1.54) is 0 Å². The third-order valence-corrected chi connectivity index (χ3v) is 5.36. The van der Waals surface area contributed by atoms with E-state index in [4.69, 9.17) is 38.3 Å². The van der Waals surface area contributed by atoms with Crippen molar-refractivity contribution in [2.75, 3.05) is 112 Å². The molecule has 252 valence electrons. The van der Waals surface area contributed by atoms with E-state index in [9.17, 15) is 19.2 Å². The normalized spacial score (nSPS) is 10.9. The van der Waals surface area contributed by atoms with Gasteiger partial charge in [0.2, 0.25) is 17.7 Å². The second-order valence-electron chi connectivity index (χ2n) is 9.08. The molecule has 0 saturated carbocycles. The lowest BCUT2D eigenvalue weighted by Gasteiger charge is -2.09. The molecule has 0 atom stereocenters. The number of rotatable bonds is 33. The molecule has 0 aliphatic rings. The van der Waals surface area contributed by atoms with Gasteiger partial charge in [0.25, 0.3) is 0 Å². The molecule has 0 unspecified atom stereocenters. The number of hydrogen-bond donors (Lipinski definition) is 4. The van der Waals surface area contributed by atoms with Crippen LogP contribution in [0.2, 0.25) is 0 Å². The summed E-state index contributed by atoms with van der Waals surface area (Å²) in [5.41, 5.74) is 0. The van der Waals surface area contributed by atoms with Crippen molar-refractivity contribution < 1.29 is 57.4 Å². The maximum Gasteiger partial charge on any atom is 0.305 e. The summed E-state index contributed by atoms with van der Waals surface area (Å²) in [7, 11) is 0. The zero-order chi connectivity index (χ0) is 31.6. The molecule has 0 saturated heterocycles. The predicted molar refractivity (Wildman–Crippen MR) is 156 cm³/mol. The second kappa shape index (κ2) is 32.5. The smallest absolute Gasteiger partial charge is 0.305 e. The fourth-order valence-electron chi connectivity index (χ4n) is 3.03. The lowest BCUT2D eigenvalue weighted by molar-refractivity contribution is -0.138. The second-order valence-corrected chi connectivity index (χ2v) is 9.08. The van der Waals surface area contributed by atoms with Gasteiger partial charge in [-0.1, -0.05) is 13.3 Å². The number of carbonyl (C=O) groups is 4. The number of amides is 3. The molecule has 0 bridgehead atoms. The van der Waals surface area contributed by atoms with Crippen molar-refractivity contribution in [3.05, 3.63) is 0 Å². The van der Waals surface area contributed by atoms with E-state index < -0.39 is 5.97 Å². The van der Waals surface area contributed by atoms with Crippen LogP contribution in [0.3, 0.4) is 0 Å². The van der Waals surface area contributed by atoms with Crippen molar-refractivity contribution in [3.63, 3.8) is 0 Å². The van der Waals surface area contributed by atoms with Gasteiger partial charge in [-0.2, -0.15) is 0 Å². The van der Waals surface area contributed by atoms with Gasteiger partial charge in [0.15, 0.2) is 0 Å². The Kier molecular flexibility index (Phi) is 30.7. The van der Waals surface area contributed by atoms with E-state index in [1.807, 2.05) is 0 Å². The summed E-state index contributed by atoms with van der Waals surface area (Å²) in [5.74, 6) is -1.19. The number of carbonyl (C=O) groups excluding carboxylic acids is 3. The van der Waals surface area contributed by atoms with Gasteiger partial charge in [0.05, 0.1) is 98.9 Å². The van der Waals surface area contributed by atoms with E-state index in [0.29, 0.717) is 105 Å². The van der Waals surface area contributed by atoms with Crippen LogP contribution in [0.15, 0.2) is 0 Å². The molecule has 0 spiro atoms. The molecule has 0 aliphatic heterocycles. The molecular weight excluding hydrogens is 570 g/mol. The molecular formula is C28H53N3O12. The Morgan fingerprint density at radius 2 is 0.744 bits per heavy atom. The quantitative estimate of drug-likeness (QED) is 0.0712. The van der Waals surface area contributed by atoms with Gasteiger partial charge in [-0.05, 0) is 6.42 Å². The Balaban J connectivity index is 3.29. The van der Waals surface area contributed by atoms with Crippen molar-refractivity contribution in [3.8, 4) is 0 Å². The third-order valence-electron chi connectivity index (χ3n) is 5.36. The minimum atomic E-state index is -0.907. The van der Waals surface area contributed by atoms with Gasteiger partial charge < -0.3 is 54.2 Å². The number of hydrogen-bond acceptors (Lipinski definition) is 11. The van der Waals surface area contributed by atoms with Crippen LogP contribution >= 0.6 is 0 Å². The van der Waals surface area contributed by atoms with Gasteiger partial charge >= 0.3 is 5.97 Å². The van der Waals surface area contributed by atoms with E-state index >= 15 is 0 Å². The number of ether oxygens (including phenoxy) is 7. The molecule has 0 rings (SSSR count). The minimum absolute atomic E-state index is 0.00197. The maximum atomic E-state index is 11.8. The predicted octanol–water partition coefficient (Wildman–Crippen LogP) is -0.104. The van der Waals surface area contributed by atoms with Crippen LogP contribution in [0, 0.1) is 0 Å². The van der Waals surface area contributed by atoms with Gasteiger partial charge in [0, 0.05) is 38.9 Å². The van der Waals surface area contributed by atoms with E-state index in [-0.39, 0.29) is 50.2 Å². The highest BCUT2D eigenvalue weighted by Crippen LogP contribution is 1.90. The number of nitrogens with one attached hydrogen (secondary N) is 3. The molecule has 0 aromatic rings. The van der Waals surface area contributed by atoms with Gasteiger partial charge in [0.1, 0.15) is 0 Å². The summed E-state index contributed by atoms with van der Waals surface area (Å²) in [6.45, 7) is 8.18. The van der Waals surface area contributed by atoms with Crippen LogP contribution in [0.4, 0.5) is 0 Å². The van der Waals surface area contributed by atoms with Crippen molar-refractivity contribution in [2.24, 2.45) is 0 Å². The number of aliphatic carboxylic acids is 1. The summed E-state index contributed by atoms with van der Waals surface area (Å²) in [4.78, 5) is 45.4. The maximum absolute atomic E-state index is 11.8. The average Bonchev–Trinajstić information content (AvgIpc) is 2.98. The Morgan fingerprint density at radius 1 is 0.442 bits per heavy atom. The first-order valence-corrected chi connectivity index (χ1v) is 15.0. The highest BCUT2D eigenvalue weighted by Gasteiger charge is 2.03. The average molecular weight is 624 g/mol. The van der Waals surface area contributed by atoms with E-state index in [0.717, 1.165) is 12.8 Å². The molecule has 15 nitrogen and oxygen atoms in total. The molecule has 0 fully saturated rings. The number of carboxylic acid groups (broad SMARTS) is 1.